The van der Waals surface area contributed by atoms with Crippen LogP contribution in [0, 0.1) is 12.8 Å². The molecule has 0 spiro atoms. The Hall–Kier alpha value is -3.22. The molecule has 2 aromatic rings. The van der Waals surface area contributed by atoms with E-state index in [1.807, 2.05) is 6.07 Å². The van der Waals surface area contributed by atoms with Crippen LogP contribution in [0.4, 0.5) is 10.5 Å². The van der Waals surface area contributed by atoms with Crippen LogP contribution in [-0.4, -0.2) is 23.6 Å². The number of rotatable bonds is 4. The van der Waals surface area contributed by atoms with E-state index in [1.165, 1.54) is 6.26 Å². The predicted molar refractivity (Wildman–Crippen MR) is 91.2 cm³/mol. The summed E-state index contributed by atoms with van der Waals surface area (Å²) in [6.45, 7) is 3.60. The van der Waals surface area contributed by atoms with Gasteiger partial charge in [-0.2, -0.15) is 0 Å². The van der Waals surface area contributed by atoms with Crippen molar-refractivity contribution in [3.05, 3.63) is 54.0 Å². The summed E-state index contributed by atoms with van der Waals surface area (Å²) in [5.74, 6) is -1.80. The van der Waals surface area contributed by atoms with E-state index < -0.39 is 23.8 Å². The van der Waals surface area contributed by atoms with Gasteiger partial charge in [0.25, 0.3) is 5.91 Å². The molecule has 2 heterocycles. The Morgan fingerprint density at radius 3 is 2.64 bits per heavy atom. The first-order chi connectivity index (χ1) is 12.0. The SMILES string of the molecule is CC(=NCc1ccco1)[C@H]1C(=O)NC(=O)N(c2ccccc2C)C1=O. The lowest BCUT2D eigenvalue weighted by Gasteiger charge is -2.30. The van der Waals surface area contributed by atoms with Crippen LogP contribution in [-0.2, 0) is 16.1 Å². The Kier molecular flexibility index (Phi) is 4.47. The van der Waals surface area contributed by atoms with Gasteiger partial charge in [-0.05, 0) is 37.6 Å². The number of carbonyl (C=O) groups is 3. The predicted octanol–water partition coefficient (Wildman–Crippen LogP) is 2.45. The van der Waals surface area contributed by atoms with Crippen molar-refractivity contribution in [2.75, 3.05) is 4.90 Å². The maximum atomic E-state index is 12.8. The molecule has 4 amide bonds. The van der Waals surface area contributed by atoms with Gasteiger partial charge >= 0.3 is 6.03 Å². The number of para-hydroxylation sites is 1. The molecule has 1 atom stereocenters. The number of aryl methyl sites for hydroxylation is 1. The molecule has 0 saturated carbocycles. The van der Waals surface area contributed by atoms with Crippen LogP contribution in [0.2, 0.25) is 0 Å². The zero-order valence-corrected chi connectivity index (χ0v) is 13.9. The largest absolute Gasteiger partial charge is 0.467 e. The number of hydrogen-bond donors (Lipinski definition) is 1. The van der Waals surface area contributed by atoms with Crippen LogP contribution in [0.25, 0.3) is 0 Å². The second-order valence-corrected chi connectivity index (χ2v) is 5.72. The van der Waals surface area contributed by atoms with Crippen molar-refractivity contribution >= 4 is 29.2 Å². The minimum atomic E-state index is -1.15. The third-order valence-corrected chi connectivity index (χ3v) is 4.00. The molecule has 1 aromatic carbocycles. The second kappa shape index (κ2) is 6.72. The quantitative estimate of drug-likeness (QED) is 0.684. The average Bonchev–Trinajstić information content (AvgIpc) is 3.07. The minimum Gasteiger partial charge on any atom is -0.467 e. The molecular formula is C18H17N3O4. The molecule has 128 valence electrons. The summed E-state index contributed by atoms with van der Waals surface area (Å²) < 4.78 is 5.19. The number of imide groups is 2. The molecule has 1 aliphatic heterocycles. The van der Waals surface area contributed by atoms with E-state index in [-0.39, 0.29) is 6.54 Å². The van der Waals surface area contributed by atoms with Crippen molar-refractivity contribution in [2.24, 2.45) is 10.9 Å². The highest BCUT2D eigenvalue weighted by molar-refractivity contribution is 6.35. The van der Waals surface area contributed by atoms with Gasteiger partial charge in [-0.25, -0.2) is 9.69 Å². The lowest BCUT2D eigenvalue weighted by molar-refractivity contribution is -0.131. The monoisotopic (exact) mass is 339 g/mol. The molecule has 7 heteroatoms. The zero-order valence-electron chi connectivity index (χ0n) is 13.9. The Balaban J connectivity index is 1.90. The first kappa shape index (κ1) is 16.6. The van der Waals surface area contributed by atoms with Gasteiger partial charge in [0, 0.05) is 5.71 Å². The number of furan rings is 1. The van der Waals surface area contributed by atoms with Gasteiger partial charge in [-0.15, -0.1) is 0 Å². The molecule has 0 radical (unpaired) electrons. The fourth-order valence-electron chi connectivity index (χ4n) is 2.68. The Morgan fingerprint density at radius 1 is 1.20 bits per heavy atom. The fraction of sp³-hybridized carbons (Fsp3) is 0.222. The standard InChI is InChI=1S/C18H17N3O4/c1-11-6-3-4-8-14(11)21-17(23)15(16(22)20-18(21)24)12(2)19-10-13-7-5-9-25-13/h3-9,15H,10H2,1-2H3,(H,20,22,24)/t15-/m0/s1. The molecule has 0 bridgehead atoms. The lowest BCUT2D eigenvalue weighted by Crippen LogP contribution is -2.60. The number of urea groups is 1. The number of carbonyl (C=O) groups excluding carboxylic acids is 3. The van der Waals surface area contributed by atoms with Crippen molar-refractivity contribution in [1.29, 1.82) is 0 Å². The zero-order chi connectivity index (χ0) is 18.0. The van der Waals surface area contributed by atoms with E-state index in [1.54, 1.807) is 44.2 Å². The number of barbiturate groups is 1. The van der Waals surface area contributed by atoms with Crippen molar-refractivity contribution in [3.8, 4) is 0 Å². The summed E-state index contributed by atoms with van der Waals surface area (Å²) in [6.07, 6.45) is 1.53. The summed E-state index contributed by atoms with van der Waals surface area (Å²) in [5, 5.41) is 2.23. The summed E-state index contributed by atoms with van der Waals surface area (Å²) in [7, 11) is 0. The molecule has 3 rings (SSSR count). The first-order valence-corrected chi connectivity index (χ1v) is 7.77. The van der Waals surface area contributed by atoms with E-state index in [0.717, 1.165) is 10.5 Å². The Bertz CT molecular complexity index is 855. The average molecular weight is 339 g/mol. The van der Waals surface area contributed by atoms with Crippen molar-refractivity contribution in [2.45, 2.75) is 20.4 Å². The maximum absolute atomic E-state index is 12.8. The van der Waals surface area contributed by atoms with E-state index in [2.05, 4.69) is 10.3 Å². The number of aliphatic imine (C=N–C) groups is 1. The van der Waals surface area contributed by atoms with E-state index in [0.29, 0.717) is 17.2 Å². The minimum absolute atomic E-state index is 0.216. The molecule has 25 heavy (non-hydrogen) atoms. The molecule has 1 aromatic heterocycles. The highest BCUT2D eigenvalue weighted by Crippen LogP contribution is 2.24. The first-order valence-electron chi connectivity index (χ1n) is 7.77. The fourth-order valence-corrected chi connectivity index (χ4v) is 2.68. The summed E-state index contributed by atoms with van der Waals surface area (Å²) in [4.78, 5) is 42.5. The highest BCUT2D eigenvalue weighted by atomic mass is 16.3. The van der Waals surface area contributed by atoms with Gasteiger partial charge in [0.15, 0.2) is 5.92 Å². The number of amides is 4. The van der Waals surface area contributed by atoms with Crippen LogP contribution in [0.3, 0.4) is 0 Å². The van der Waals surface area contributed by atoms with Gasteiger partial charge in [0.2, 0.25) is 5.91 Å². The van der Waals surface area contributed by atoms with Crippen molar-refractivity contribution < 1.29 is 18.8 Å². The third kappa shape index (κ3) is 3.21. The maximum Gasteiger partial charge on any atom is 0.335 e. The number of nitrogens with one attached hydrogen (secondary N) is 1. The van der Waals surface area contributed by atoms with E-state index in [9.17, 15) is 14.4 Å². The second-order valence-electron chi connectivity index (χ2n) is 5.72. The molecule has 1 saturated heterocycles. The highest BCUT2D eigenvalue weighted by Gasteiger charge is 2.43. The van der Waals surface area contributed by atoms with Crippen LogP contribution >= 0.6 is 0 Å². The van der Waals surface area contributed by atoms with Crippen LogP contribution in [0.15, 0.2) is 52.1 Å². The molecule has 1 N–H and O–H groups in total. The Morgan fingerprint density at radius 2 is 1.96 bits per heavy atom. The normalized spacial score (nSPS) is 18.5. The number of benzene rings is 1. The number of anilines is 1. The topological polar surface area (TPSA) is 92.0 Å². The van der Waals surface area contributed by atoms with Crippen LogP contribution in [0.1, 0.15) is 18.2 Å². The number of hydrogen-bond acceptors (Lipinski definition) is 5. The molecule has 1 fully saturated rings. The number of nitrogens with zero attached hydrogens (tertiary/aromatic N) is 2. The molecule has 0 aliphatic carbocycles. The van der Waals surface area contributed by atoms with Crippen LogP contribution in [0.5, 0.6) is 0 Å². The third-order valence-electron chi connectivity index (χ3n) is 4.00. The van der Waals surface area contributed by atoms with Gasteiger partial charge in [0.1, 0.15) is 5.76 Å². The Labute approximate surface area is 144 Å². The van der Waals surface area contributed by atoms with Crippen LogP contribution < -0.4 is 10.2 Å². The van der Waals surface area contributed by atoms with Gasteiger partial charge < -0.3 is 4.42 Å². The lowest BCUT2D eigenvalue weighted by atomic mass is 9.98. The van der Waals surface area contributed by atoms with Gasteiger partial charge in [-0.1, -0.05) is 18.2 Å². The van der Waals surface area contributed by atoms with E-state index in [4.69, 9.17) is 4.42 Å². The summed E-state index contributed by atoms with van der Waals surface area (Å²) >= 11 is 0. The molecule has 7 nitrogen and oxygen atoms in total. The summed E-state index contributed by atoms with van der Waals surface area (Å²) in [5.41, 5.74) is 1.52. The van der Waals surface area contributed by atoms with Gasteiger partial charge in [0.05, 0.1) is 18.5 Å². The summed E-state index contributed by atoms with van der Waals surface area (Å²) in [6, 6.07) is 9.73. The molecule has 0 unspecified atom stereocenters. The smallest absolute Gasteiger partial charge is 0.335 e. The molecular weight excluding hydrogens is 322 g/mol. The van der Waals surface area contributed by atoms with E-state index >= 15 is 0 Å². The van der Waals surface area contributed by atoms with Gasteiger partial charge in [-0.3, -0.25) is 19.9 Å². The molecule has 1 aliphatic rings. The van der Waals surface area contributed by atoms with Crippen molar-refractivity contribution in [1.82, 2.24) is 5.32 Å². The van der Waals surface area contributed by atoms with Crippen molar-refractivity contribution in [3.63, 3.8) is 0 Å².